The van der Waals surface area contributed by atoms with Gasteiger partial charge >= 0.3 is 18.9 Å². The second kappa shape index (κ2) is 6.17. The molecule has 7 nitrogen and oxygen atoms in total. The zero-order chi connectivity index (χ0) is 15.2. The number of aromatic carboxylic acids is 1. The molecule has 0 unspecified atom stereocenters. The molecule has 3 heterocycles. The van der Waals surface area contributed by atoms with Crippen molar-refractivity contribution >= 4 is 23.1 Å². The average molecular weight is 310 g/mol. The van der Waals surface area contributed by atoms with E-state index in [2.05, 4.69) is 4.98 Å². The van der Waals surface area contributed by atoms with Crippen molar-refractivity contribution in [2.24, 2.45) is 0 Å². The molecule has 0 bridgehead atoms. The first-order chi connectivity index (χ1) is 10.7. The molecule has 4 rings (SSSR count). The third kappa shape index (κ3) is 2.86. The van der Waals surface area contributed by atoms with E-state index in [9.17, 15) is 9.90 Å². The number of rotatable bonds is 2. The van der Waals surface area contributed by atoms with E-state index in [1.807, 2.05) is 4.90 Å². The van der Waals surface area contributed by atoms with Crippen LogP contribution in [0.5, 0.6) is 0 Å². The largest absolute Gasteiger partial charge is 1.00 e. The van der Waals surface area contributed by atoms with Gasteiger partial charge in [0.05, 0.1) is 19.2 Å². The second-order valence-corrected chi connectivity index (χ2v) is 5.53. The Bertz CT molecular complexity index is 716. The molecule has 0 saturated carbocycles. The Kier molecular flexibility index (Phi) is 4.38. The summed E-state index contributed by atoms with van der Waals surface area (Å²) in [5, 5.41) is 11.1. The van der Waals surface area contributed by atoms with Gasteiger partial charge in [0.2, 0.25) is 0 Å². The number of oxazole rings is 1. The minimum Gasteiger partial charge on any atom is -0.545 e. The quantitative estimate of drug-likeness (QED) is 0.568. The number of piperidine rings is 1. The topological polar surface area (TPSA) is 87.9 Å². The number of aromatic nitrogens is 1. The zero-order valence-electron chi connectivity index (χ0n) is 12.9. The molecule has 2 aromatic rings. The van der Waals surface area contributed by atoms with Crippen LogP contribution in [-0.4, -0.2) is 43.0 Å². The maximum atomic E-state index is 11.1. The third-order valence-corrected chi connectivity index (χ3v) is 4.24. The monoisotopic (exact) mass is 310 g/mol. The number of benzene rings is 1. The summed E-state index contributed by atoms with van der Waals surface area (Å²) in [5.41, 5.74) is 0.819. The first-order valence-electron chi connectivity index (χ1n) is 7.31. The normalized spacial score (nSPS) is 19.9. The Hall–Kier alpha value is -1.52. The predicted octanol–water partition coefficient (Wildman–Crippen LogP) is -2.46. The Morgan fingerprint density at radius 2 is 1.91 bits per heavy atom. The van der Waals surface area contributed by atoms with Gasteiger partial charge in [-0.2, -0.15) is 4.98 Å². The number of para-hydroxylation sites is 1. The fourth-order valence-electron chi connectivity index (χ4n) is 3.06. The van der Waals surface area contributed by atoms with Crippen molar-refractivity contribution in [2.75, 3.05) is 31.2 Å². The molecule has 0 N–H and O–H groups in total. The van der Waals surface area contributed by atoms with Crippen molar-refractivity contribution in [3.63, 3.8) is 0 Å². The molecule has 0 radical (unpaired) electrons. The summed E-state index contributed by atoms with van der Waals surface area (Å²) in [7, 11) is 0. The van der Waals surface area contributed by atoms with Gasteiger partial charge in [-0.15, -0.1) is 0 Å². The molecule has 0 amide bonds. The van der Waals surface area contributed by atoms with E-state index >= 15 is 0 Å². The molecule has 2 aliphatic rings. The van der Waals surface area contributed by atoms with Crippen LogP contribution in [0.1, 0.15) is 23.2 Å². The SMILES string of the molecule is O=C([O-])c1cccc2oc(N3CCC4(CC3)OCCO4)nc12.[Li+]. The van der Waals surface area contributed by atoms with Crippen LogP contribution in [0, 0.1) is 0 Å². The van der Waals surface area contributed by atoms with E-state index in [0.717, 1.165) is 12.8 Å². The van der Waals surface area contributed by atoms with E-state index < -0.39 is 11.8 Å². The molecule has 1 spiro atoms. The number of hydrogen-bond acceptors (Lipinski definition) is 7. The van der Waals surface area contributed by atoms with E-state index in [4.69, 9.17) is 13.9 Å². The smallest absolute Gasteiger partial charge is 0.545 e. The number of carbonyl (C=O) groups excluding carboxylic acids is 1. The van der Waals surface area contributed by atoms with Crippen LogP contribution in [0.4, 0.5) is 6.01 Å². The number of hydrogen-bond donors (Lipinski definition) is 0. The minimum absolute atomic E-state index is 0. The molecule has 0 atom stereocenters. The summed E-state index contributed by atoms with van der Waals surface area (Å²) >= 11 is 0. The van der Waals surface area contributed by atoms with Crippen molar-refractivity contribution in [3.8, 4) is 0 Å². The molecular formula is C15H15LiN2O5. The maximum Gasteiger partial charge on any atom is 1.00 e. The molecular weight excluding hydrogens is 295 g/mol. The van der Waals surface area contributed by atoms with Gasteiger partial charge in [-0.25, -0.2) is 0 Å². The molecule has 2 saturated heterocycles. The molecule has 116 valence electrons. The number of anilines is 1. The minimum atomic E-state index is -1.25. The Morgan fingerprint density at radius 1 is 1.22 bits per heavy atom. The van der Waals surface area contributed by atoms with Crippen molar-refractivity contribution < 1.29 is 42.7 Å². The van der Waals surface area contributed by atoms with Gasteiger partial charge in [-0.1, -0.05) is 12.1 Å². The fraction of sp³-hybridized carbons (Fsp3) is 0.467. The summed E-state index contributed by atoms with van der Waals surface area (Å²) in [4.78, 5) is 17.4. The second-order valence-electron chi connectivity index (χ2n) is 5.53. The molecule has 8 heteroatoms. The van der Waals surface area contributed by atoms with Crippen molar-refractivity contribution in [1.29, 1.82) is 0 Å². The van der Waals surface area contributed by atoms with Gasteiger partial charge in [-0.3, -0.25) is 0 Å². The van der Waals surface area contributed by atoms with E-state index in [-0.39, 0.29) is 24.4 Å². The van der Waals surface area contributed by atoms with Crippen LogP contribution >= 0.6 is 0 Å². The number of carbonyl (C=O) groups is 1. The van der Waals surface area contributed by atoms with Gasteiger partial charge < -0.3 is 28.7 Å². The van der Waals surface area contributed by atoms with E-state index in [1.54, 1.807) is 12.1 Å². The van der Waals surface area contributed by atoms with Gasteiger partial charge in [0.1, 0.15) is 5.52 Å². The Balaban J connectivity index is 0.00000156. The summed E-state index contributed by atoms with van der Waals surface area (Å²) in [5.74, 6) is -1.71. The first kappa shape index (κ1) is 16.3. The predicted molar refractivity (Wildman–Crippen MR) is 74.4 cm³/mol. The van der Waals surface area contributed by atoms with Crippen molar-refractivity contribution in [3.05, 3.63) is 23.8 Å². The van der Waals surface area contributed by atoms with Gasteiger partial charge in [-0.05, 0) is 6.07 Å². The summed E-state index contributed by atoms with van der Waals surface area (Å²) < 4.78 is 17.1. The fourth-order valence-corrected chi connectivity index (χ4v) is 3.06. The Labute approximate surface area is 144 Å². The number of fused-ring (bicyclic) bond motifs is 1. The van der Waals surface area contributed by atoms with Crippen LogP contribution in [-0.2, 0) is 9.47 Å². The summed E-state index contributed by atoms with van der Waals surface area (Å²) in [6.45, 7) is 2.65. The molecule has 1 aromatic heterocycles. The zero-order valence-corrected chi connectivity index (χ0v) is 12.9. The van der Waals surface area contributed by atoms with Crippen LogP contribution in [0.2, 0.25) is 0 Å². The molecule has 0 aliphatic carbocycles. The summed E-state index contributed by atoms with van der Waals surface area (Å²) in [6.07, 6.45) is 1.47. The van der Waals surface area contributed by atoms with Gasteiger partial charge in [0.25, 0.3) is 6.01 Å². The maximum absolute atomic E-state index is 11.1. The van der Waals surface area contributed by atoms with Crippen LogP contribution in [0.15, 0.2) is 22.6 Å². The summed E-state index contributed by atoms with van der Waals surface area (Å²) in [6, 6.07) is 5.22. The molecule has 2 aliphatic heterocycles. The van der Waals surface area contributed by atoms with Crippen LogP contribution in [0.25, 0.3) is 11.1 Å². The van der Waals surface area contributed by atoms with E-state index in [1.165, 1.54) is 6.07 Å². The Morgan fingerprint density at radius 3 is 2.57 bits per heavy atom. The third-order valence-electron chi connectivity index (χ3n) is 4.24. The first-order valence-corrected chi connectivity index (χ1v) is 7.31. The number of carboxylic acid groups (broad SMARTS) is 1. The van der Waals surface area contributed by atoms with Crippen LogP contribution in [0.3, 0.4) is 0 Å². The molecule has 2 fully saturated rings. The van der Waals surface area contributed by atoms with Crippen molar-refractivity contribution in [2.45, 2.75) is 18.6 Å². The van der Waals surface area contributed by atoms with Crippen molar-refractivity contribution in [1.82, 2.24) is 4.98 Å². The standard InChI is InChI=1S/C15H16N2O5.Li/c18-13(19)10-2-1-3-11-12(10)16-14(22-11)17-6-4-15(5-7-17)20-8-9-21-15;/h1-3H,4-9H2,(H,18,19);/q;+1/p-1. The molecule has 23 heavy (non-hydrogen) atoms. The van der Waals surface area contributed by atoms with E-state index in [0.29, 0.717) is 43.4 Å². The number of carboxylic acids is 1. The van der Waals surface area contributed by atoms with Gasteiger partial charge in [0.15, 0.2) is 11.4 Å². The van der Waals surface area contributed by atoms with Gasteiger partial charge in [0, 0.05) is 31.5 Å². The number of nitrogens with zero attached hydrogens (tertiary/aromatic N) is 2. The number of ether oxygens (including phenoxy) is 2. The van der Waals surface area contributed by atoms with Crippen LogP contribution < -0.4 is 28.9 Å². The molecule has 1 aromatic carbocycles. The average Bonchev–Trinajstić information content (AvgIpc) is 3.14.